The minimum absolute atomic E-state index is 0.0166. The summed E-state index contributed by atoms with van der Waals surface area (Å²) < 4.78 is 0. The second-order valence-corrected chi connectivity index (χ2v) is 7.49. The number of aryl methyl sites for hydroxylation is 1. The van der Waals surface area contributed by atoms with Crippen LogP contribution in [-0.2, 0) is 11.2 Å². The summed E-state index contributed by atoms with van der Waals surface area (Å²) in [7, 11) is 0. The largest absolute Gasteiger partial charge is 0.508 e. The Morgan fingerprint density at radius 1 is 1.14 bits per heavy atom. The quantitative estimate of drug-likeness (QED) is 0.901. The number of aliphatic hydroxyl groups is 1. The first-order valence-electron chi connectivity index (χ1n) is 8.66. The van der Waals surface area contributed by atoms with Gasteiger partial charge in [0.1, 0.15) is 11.9 Å². The molecule has 0 amide bonds. The number of aromatic hydroxyl groups is 1. The van der Waals surface area contributed by atoms with Gasteiger partial charge in [0, 0.05) is 6.42 Å². The third kappa shape index (κ3) is 2.45. The molecular weight excluding hydrogens is 276 g/mol. The summed E-state index contributed by atoms with van der Waals surface area (Å²) in [4.78, 5) is 12.3. The van der Waals surface area contributed by atoms with Gasteiger partial charge in [0.2, 0.25) is 0 Å². The predicted molar refractivity (Wildman–Crippen MR) is 83.7 cm³/mol. The summed E-state index contributed by atoms with van der Waals surface area (Å²) in [5.41, 5.74) is 2.41. The van der Waals surface area contributed by atoms with Crippen molar-refractivity contribution in [2.24, 2.45) is 17.8 Å². The monoisotopic (exact) mass is 300 g/mol. The van der Waals surface area contributed by atoms with Crippen LogP contribution in [0.3, 0.4) is 0 Å². The highest BCUT2D eigenvalue weighted by molar-refractivity contribution is 5.85. The number of rotatable bonds is 3. The summed E-state index contributed by atoms with van der Waals surface area (Å²) in [6.07, 6.45) is 6.50. The first kappa shape index (κ1) is 14.3. The van der Waals surface area contributed by atoms with Gasteiger partial charge in [-0.1, -0.05) is 25.3 Å². The average Bonchev–Trinajstić information content (AvgIpc) is 3.31. The zero-order valence-corrected chi connectivity index (χ0v) is 12.9. The summed E-state index contributed by atoms with van der Waals surface area (Å²) in [6, 6.07) is 5.57. The van der Waals surface area contributed by atoms with Gasteiger partial charge < -0.3 is 10.2 Å². The lowest BCUT2D eigenvalue weighted by molar-refractivity contribution is -0.137. The van der Waals surface area contributed by atoms with Crippen LogP contribution in [0.5, 0.6) is 5.75 Å². The maximum atomic E-state index is 12.3. The first-order valence-corrected chi connectivity index (χ1v) is 8.66. The Morgan fingerprint density at radius 2 is 1.95 bits per heavy atom. The van der Waals surface area contributed by atoms with Gasteiger partial charge >= 0.3 is 0 Å². The zero-order valence-electron chi connectivity index (χ0n) is 12.9. The molecule has 3 nitrogen and oxygen atoms in total. The normalized spacial score (nSPS) is 34.1. The molecule has 0 heterocycles. The minimum Gasteiger partial charge on any atom is -0.508 e. The molecule has 0 spiro atoms. The van der Waals surface area contributed by atoms with E-state index in [1.165, 1.54) is 30.4 Å². The Kier molecular flexibility index (Phi) is 3.48. The van der Waals surface area contributed by atoms with Crippen LogP contribution in [0.4, 0.5) is 0 Å². The van der Waals surface area contributed by atoms with Gasteiger partial charge in [-0.15, -0.1) is 0 Å². The van der Waals surface area contributed by atoms with Crippen molar-refractivity contribution in [3.63, 3.8) is 0 Å². The summed E-state index contributed by atoms with van der Waals surface area (Å²) in [5.74, 6) is 1.96. The SMILES string of the molecule is O=C1CC2c3ccc(O)cc3CC[C@H]2C(CCC2CC2)C1O. The minimum atomic E-state index is -0.751. The molecule has 0 aromatic heterocycles. The average molecular weight is 300 g/mol. The van der Waals surface area contributed by atoms with E-state index in [0.717, 1.165) is 25.2 Å². The number of fused-ring (bicyclic) bond motifs is 3. The molecule has 4 atom stereocenters. The maximum Gasteiger partial charge on any atom is 0.162 e. The number of benzene rings is 1. The molecule has 22 heavy (non-hydrogen) atoms. The third-order valence-electron chi connectivity index (χ3n) is 6.10. The van der Waals surface area contributed by atoms with Gasteiger partial charge in [-0.3, -0.25) is 4.79 Å². The van der Waals surface area contributed by atoms with E-state index in [2.05, 4.69) is 0 Å². The summed E-state index contributed by atoms with van der Waals surface area (Å²) in [5, 5.41) is 20.1. The van der Waals surface area contributed by atoms with Crippen molar-refractivity contribution < 1.29 is 15.0 Å². The number of hydrogen-bond donors (Lipinski definition) is 2. The molecule has 2 saturated carbocycles. The molecule has 3 aliphatic rings. The number of ketones is 1. The first-order chi connectivity index (χ1) is 10.6. The number of Topliss-reactive ketones (excluding diaryl/α,β-unsaturated/α-hetero) is 1. The van der Waals surface area contributed by atoms with E-state index in [-0.39, 0.29) is 17.6 Å². The number of aliphatic hydroxyl groups excluding tert-OH is 1. The molecule has 0 radical (unpaired) electrons. The van der Waals surface area contributed by atoms with Gasteiger partial charge in [-0.05, 0) is 66.2 Å². The molecule has 3 unspecified atom stereocenters. The Bertz CT molecular complexity index is 590. The van der Waals surface area contributed by atoms with Crippen LogP contribution in [0, 0.1) is 17.8 Å². The second kappa shape index (κ2) is 5.38. The molecule has 0 bridgehead atoms. The van der Waals surface area contributed by atoms with Crippen molar-refractivity contribution in [1.29, 1.82) is 0 Å². The van der Waals surface area contributed by atoms with Crippen LogP contribution in [0.15, 0.2) is 18.2 Å². The Balaban J connectivity index is 1.61. The standard InChI is InChI=1S/C19H24O3/c20-13-5-8-14-12(9-13)4-7-15-16(6-3-11-1-2-11)19(22)18(21)10-17(14)15/h5,8-9,11,15-17,19-20,22H,1-4,6-7,10H2/t15-,16?,17?,19?/m0/s1. The number of carbonyl (C=O) groups is 1. The van der Waals surface area contributed by atoms with Crippen molar-refractivity contribution in [3.8, 4) is 5.75 Å². The third-order valence-corrected chi connectivity index (χ3v) is 6.10. The van der Waals surface area contributed by atoms with Gasteiger partial charge in [0.05, 0.1) is 0 Å². The smallest absolute Gasteiger partial charge is 0.162 e. The van der Waals surface area contributed by atoms with Crippen molar-refractivity contribution in [2.45, 2.75) is 57.0 Å². The molecule has 4 rings (SSSR count). The van der Waals surface area contributed by atoms with Gasteiger partial charge in [-0.25, -0.2) is 0 Å². The van der Waals surface area contributed by atoms with E-state index in [4.69, 9.17) is 0 Å². The highest BCUT2D eigenvalue weighted by atomic mass is 16.3. The maximum absolute atomic E-state index is 12.3. The molecule has 0 saturated heterocycles. The number of carbonyl (C=O) groups excluding carboxylic acids is 1. The van der Waals surface area contributed by atoms with Crippen LogP contribution < -0.4 is 0 Å². The summed E-state index contributed by atoms with van der Waals surface area (Å²) >= 11 is 0. The van der Waals surface area contributed by atoms with E-state index in [1.807, 2.05) is 12.1 Å². The van der Waals surface area contributed by atoms with Gasteiger partial charge in [-0.2, -0.15) is 0 Å². The van der Waals surface area contributed by atoms with Crippen LogP contribution in [0.2, 0.25) is 0 Å². The second-order valence-electron chi connectivity index (χ2n) is 7.49. The fraction of sp³-hybridized carbons (Fsp3) is 0.632. The lowest BCUT2D eigenvalue weighted by atomic mass is 9.61. The molecule has 3 aliphatic carbocycles. The number of phenols is 1. The molecule has 1 aromatic carbocycles. The van der Waals surface area contributed by atoms with E-state index in [0.29, 0.717) is 18.1 Å². The molecular formula is C19H24O3. The zero-order chi connectivity index (χ0) is 15.3. The molecule has 2 N–H and O–H groups in total. The molecule has 1 aromatic rings. The Morgan fingerprint density at radius 3 is 2.73 bits per heavy atom. The molecule has 118 valence electrons. The van der Waals surface area contributed by atoms with E-state index in [1.54, 1.807) is 6.07 Å². The van der Waals surface area contributed by atoms with E-state index in [9.17, 15) is 15.0 Å². The van der Waals surface area contributed by atoms with Gasteiger partial charge in [0.15, 0.2) is 5.78 Å². The highest BCUT2D eigenvalue weighted by Crippen LogP contribution is 2.49. The van der Waals surface area contributed by atoms with Crippen LogP contribution in [0.25, 0.3) is 0 Å². The molecule has 3 heteroatoms. The molecule has 0 aliphatic heterocycles. The van der Waals surface area contributed by atoms with Crippen LogP contribution in [-0.4, -0.2) is 22.1 Å². The fourth-order valence-electron chi connectivity index (χ4n) is 4.72. The summed E-state index contributed by atoms with van der Waals surface area (Å²) in [6.45, 7) is 0. The van der Waals surface area contributed by atoms with E-state index >= 15 is 0 Å². The van der Waals surface area contributed by atoms with Crippen LogP contribution >= 0.6 is 0 Å². The van der Waals surface area contributed by atoms with E-state index < -0.39 is 6.10 Å². The van der Waals surface area contributed by atoms with Crippen molar-refractivity contribution in [3.05, 3.63) is 29.3 Å². The number of phenolic OH excluding ortho intramolecular Hbond substituents is 1. The molecule has 2 fully saturated rings. The Hall–Kier alpha value is -1.35. The fourth-order valence-corrected chi connectivity index (χ4v) is 4.72. The predicted octanol–water partition coefficient (Wildman–Crippen LogP) is 3.18. The lowest BCUT2D eigenvalue weighted by Crippen LogP contribution is -2.45. The van der Waals surface area contributed by atoms with Crippen LogP contribution in [0.1, 0.15) is 55.6 Å². The number of hydrogen-bond acceptors (Lipinski definition) is 3. The van der Waals surface area contributed by atoms with Crippen molar-refractivity contribution in [1.82, 2.24) is 0 Å². The van der Waals surface area contributed by atoms with Crippen molar-refractivity contribution >= 4 is 5.78 Å². The highest BCUT2D eigenvalue weighted by Gasteiger charge is 2.45. The van der Waals surface area contributed by atoms with Gasteiger partial charge in [0.25, 0.3) is 0 Å². The van der Waals surface area contributed by atoms with Crippen molar-refractivity contribution in [2.75, 3.05) is 0 Å². The Labute approximate surface area is 131 Å². The topological polar surface area (TPSA) is 57.5 Å². The lowest BCUT2D eigenvalue weighted by Gasteiger charge is -2.44.